The van der Waals surface area contributed by atoms with Crippen LogP contribution in [0.2, 0.25) is 0 Å². The van der Waals surface area contributed by atoms with E-state index in [1.165, 1.54) is 11.8 Å². The maximum Gasteiger partial charge on any atom is 0.407 e. The van der Waals surface area contributed by atoms with Gasteiger partial charge >= 0.3 is 12.1 Å². The molecule has 2 atom stereocenters. The summed E-state index contributed by atoms with van der Waals surface area (Å²) in [5, 5.41) is 16.3. The molecule has 0 aromatic carbocycles. The third-order valence-electron chi connectivity index (χ3n) is 8.51. The molecule has 2 amide bonds. The molecule has 0 aromatic heterocycles. The Balaban J connectivity index is 1.47. The van der Waals surface area contributed by atoms with Gasteiger partial charge in [0, 0.05) is 42.1 Å². The smallest absolute Gasteiger partial charge is 0.407 e. The summed E-state index contributed by atoms with van der Waals surface area (Å²) < 4.78 is 5.61. The number of carboxylic acids is 1. The summed E-state index contributed by atoms with van der Waals surface area (Å²) in [4.78, 5) is 41.2. The van der Waals surface area contributed by atoms with Crippen LogP contribution in [-0.2, 0) is 14.3 Å². The van der Waals surface area contributed by atoms with E-state index in [1.807, 2.05) is 25.7 Å². The molecular weight excluding hydrogens is 526 g/mol. The van der Waals surface area contributed by atoms with Gasteiger partial charge in [0.2, 0.25) is 5.91 Å². The summed E-state index contributed by atoms with van der Waals surface area (Å²) in [6.45, 7) is 10.0. The molecular formula is C31H47N3O5S. The van der Waals surface area contributed by atoms with E-state index in [0.29, 0.717) is 37.4 Å². The van der Waals surface area contributed by atoms with E-state index in [-0.39, 0.29) is 51.7 Å². The number of alkyl carbamates (subject to hydrolysis) is 1. The first kappa shape index (κ1) is 30.8. The molecule has 222 valence electrons. The van der Waals surface area contributed by atoms with Crippen molar-refractivity contribution in [3.63, 3.8) is 0 Å². The first-order valence-electron chi connectivity index (χ1n) is 15.2. The predicted molar refractivity (Wildman–Crippen MR) is 157 cm³/mol. The number of ether oxygens (including phenoxy) is 1. The highest BCUT2D eigenvalue weighted by Crippen LogP contribution is 2.43. The molecule has 8 nitrogen and oxygen atoms in total. The van der Waals surface area contributed by atoms with E-state index in [2.05, 4.69) is 29.4 Å². The molecule has 3 fully saturated rings. The van der Waals surface area contributed by atoms with Crippen LogP contribution in [0.4, 0.5) is 4.79 Å². The highest BCUT2D eigenvalue weighted by Gasteiger charge is 2.41. The molecule has 0 aromatic rings. The van der Waals surface area contributed by atoms with Crippen molar-refractivity contribution in [3.05, 3.63) is 10.6 Å². The fourth-order valence-corrected chi connectivity index (χ4v) is 7.33. The third kappa shape index (κ3) is 8.42. The zero-order valence-corrected chi connectivity index (χ0v) is 25.4. The van der Waals surface area contributed by atoms with Crippen LogP contribution in [-0.4, -0.2) is 64.5 Å². The van der Waals surface area contributed by atoms with Gasteiger partial charge in [0.25, 0.3) is 0 Å². The summed E-state index contributed by atoms with van der Waals surface area (Å²) >= 11 is 1.28. The standard InChI is InChI=1S/C31H47N3O5S/c1-20-7-9-21(10-8-20)28(35)34(26-18-25(15-16-31(2,3)4)40-27(26)29(36)37)23-13-11-22(12-14-23)33-30(38)39-24-6-5-17-32-19-24/h20-25,32H,5-14,17-19H2,1-4H3,(H,33,38)(H,36,37). The van der Waals surface area contributed by atoms with Crippen LogP contribution in [0.25, 0.3) is 0 Å². The molecule has 2 saturated carbocycles. The molecule has 0 spiro atoms. The summed E-state index contributed by atoms with van der Waals surface area (Å²) in [7, 11) is 0. The SMILES string of the molecule is CC1CCC(C(=O)N(C2=C(C(=O)O)SC(C#CC(C)(C)C)C2)C2CCC(NC(=O)OC3CCCNC3)CC2)CC1. The van der Waals surface area contributed by atoms with Gasteiger partial charge in [0.1, 0.15) is 11.0 Å². The predicted octanol–water partition coefficient (Wildman–Crippen LogP) is 5.28. The number of carbonyl (C=O) groups excluding carboxylic acids is 2. The van der Waals surface area contributed by atoms with Gasteiger partial charge in [-0.25, -0.2) is 9.59 Å². The van der Waals surface area contributed by atoms with Crippen molar-refractivity contribution in [1.82, 2.24) is 15.5 Å². The molecule has 0 radical (unpaired) electrons. The lowest BCUT2D eigenvalue weighted by Gasteiger charge is -2.40. The van der Waals surface area contributed by atoms with Crippen LogP contribution in [0.1, 0.15) is 98.3 Å². The molecule has 0 bridgehead atoms. The van der Waals surface area contributed by atoms with Crippen molar-refractivity contribution < 1.29 is 24.2 Å². The molecule has 1 saturated heterocycles. The fraction of sp³-hybridized carbons (Fsp3) is 0.774. The van der Waals surface area contributed by atoms with Gasteiger partial charge in [-0.15, -0.1) is 0 Å². The monoisotopic (exact) mass is 573 g/mol. The molecule has 3 N–H and O–H groups in total. The first-order chi connectivity index (χ1) is 19.0. The summed E-state index contributed by atoms with van der Waals surface area (Å²) in [5.74, 6) is 6.19. The maximum atomic E-state index is 14.1. The number of aliphatic carboxylic acids is 1. The Bertz CT molecular complexity index is 1020. The fourth-order valence-electron chi connectivity index (χ4n) is 6.27. The third-order valence-corrected chi connectivity index (χ3v) is 9.72. The van der Waals surface area contributed by atoms with Gasteiger partial charge in [-0.3, -0.25) is 4.79 Å². The van der Waals surface area contributed by atoms with Crippen LogP contribution >= 0.6 is 11.8 Å². The number of hydrogen-bond donors (Lipinski definition) is 3. The van der Waals surface area contributed by atoms with E-state index in [4.69, 9.17) is 4.74 Å². The van der Waals surface area contributed by atoms with Crippen LogP contribution < -0.4 is 10.6 Å². The van der Waals surface area contributed by atoms with Gasteiger partial charge in [0.15, 0.2) is 0 Å². The molecule has 2 aliphatic heterocycles. The van der Waals surface area contributed by atoms with Gasteiger partial charge in [0.05, 0.1) is 5.25 Å². The minimum Gasteiger partial charge on any atom is -0.477 e. The van der Waals surface area contributed by atoms with E-state index in [1.54, 1.807) is 0 Å². The number of piperidine rings is 1. The highest BCUT2D eigenvalue weighted by molar-refractivity contribution is 8.05. The highest BCUT2D eigenvalue weighted by atomic mass is 32.2. The second kappa shape index (κ2) is 13.7. The van der Waals surface area contributed by atoms with Gasteiger partial charge in [-0.1, -0.05) is 30.5 Å². The Morgan fingerprint density at radius 2 is 1.75 bits per heavy atom. The van der Waals surface area contributed by atoms with Crippen LogP contribution in [0.3, 0.4) is 0 Å². The molecule has 2 heterocycles. The van der Waals surface area contributed by atoms with Crippen molar-refractivity contribution in [2.75, 3.05) is 13.1 Å². The van der Waals surface area contributed by atoms with Crippen molar-refractivity contribution in [2.45, 2.75) is 122 Å². The number of hydrogen-bond acceptors (Lipinski definition) is 6. The Morgan fingerprint density at radius 3 is 2.35 bits per heavy atom. The number of carbonyl (C=O) groups is 3. The molecule has 9 heteroatoms. The zero-order valence-electron chi connectivity index (χ0n) is 24.6. The molecule has 4 rings (SSSR count). The summed E-state index contributed by atoms with van der Waals surface area (Å²) in [6.07, 6.45) is 8.52. The minimum atomic E-state index is -0.981. The second-order valence-electron chi connectivity index (χ2n) is 13.1. The lowest BCUT2D eigenvalue weighted by atomic mass is 9.81. The van der Waals surface area contributed by atoms with E-state index in [0.717, 1.165) is 57.9 Å². The number of nitrogens with one attached hydrogen (secondary N) is 2. The normalized spacial score (nSPS) is 31.1. The molecule has 4 aliphatic rings. The average Bonchev–Trinajstić information content (AvgIpc) is 3.33. The second-order valence-corrected chi connectivity index (χ2v) is 14.3. The van der Waals surface area contributed by atoms with Gasteiger partial charge < -0.3 is 25.4 Å². The lowest BCUT2D eigenvalue weighted by molar-refractivity contribution is -0.137. The van der Waals surface area contributed by atoms with E-state index >= 15 is 0 Å². The number of rotatable bonds is 6. The van der Waals surface area contributed by atoms with Gasteiger partial charge in [-0.2, -0.15) is 0 Å². The summed E-state index contributed by atoms with van der Waals surface area (Å²) in [5.41, 5.74) is 0.455. The zero-order chi connectivity index (χ0) is 28.9. The van der Waals surface area contributed by atoms with Crippen molar-refractivity contribution in [3.8, 4) is 11.8 Å². The van der Waals surface area contributed by atoms with E-state index in [9.17, 15) is 19.5 Å². The van der Waals surface area contributed by atoms with Crippen molar-refractivity contribution >= 4 is 29.7 Å². The quantitative estimate of drug-likeness (QED) is 0.371. The van der Waals surface area contributed by atoms with Gasteiger partial charge in [-0.05, 0) is 97.4 Å². The Labute approximate surface area is 243 Å². The lowest BCUT2D eigenvalue weighted by Crippen LogP contribution is -2.48. The summed E-state index contributed by atoms with van der Waals surface area (Å²) in [6, 6.07) is -0.0909. The minimum absolute atomic E-state index is 0.0101. The number of allylic oxidation sites excluding steroid dienone is 1. The Hall–Kier alpha value is -2.18. The molecule has 2 unspecified atom stereocenters. The number of thioether (sulfide) groups is 1. The Kier molecular flexibility index (Phi) is 10.5. The Morgan fingerprint density at radius 1 is 1.05 bits per heavy atom. The van der Waals surface area contributed by atoms with Crippen LogP contribution in [0.5, 0.6) is 0 Å². The molecule has 2 aliphatic carbocycles. The topological polar surface area (TPSA) is 108 Å². The largest absolute Gasteiger partial charge is 0.477 e. The number of carboxylic acid groups (broad SMARTS) is 1. The first-order valence-corrected chi connectivity index (χ1v) is 16.0. The van der Waals surface area contributed by atoms with E-state index < -0.39 is 5.97 Å². The maximum absolute atomic E-state index is 14.1. The number of amides is 2. The van der Waals surface area contributed by atoms with Crippen molar-refractivity contribution in [1.29, 1.82) is 0 Å². The van der Waals surface area contributed by atoms with Crippen LogP contribution in [0.15, 0.2) is 10.6 Å². The molecule has 40 heavy (non-hydrogen) atoms. The van der Waals surface area contributed by atoms with Crippen molar-refractivity contribution in [2.24, 2.45) is 17.3 Å². The number of nitrogens with zero attached hydrogens (tertiary/aromatic N) is 1. The van der Waals surface area contributed by atoms with Crippen LogP contribution in [0, 0.1) is 29.1 Å². The average molecular weight is 574 g/mol.